The van der Waals surface area contributed by atoms with Crippen molar-refractivity contribution in [2.24, 2.45) is 0 Å². The average molecular weight is 237 g/mol. The number of amides is 1. The van der Waals surface area contributed by atoms with Crippen LogP contribution >= 0.6 is 0 Å². The van der Waals surface area contributed by atoms with Crippen LogP contribution in [0.3, 0.4) is 0 Å². The zero-order valence-corrected chi connectivity index (χ0v) is 9.77. The number of nitrogens with zero attached hydrogens (tertiary/aromatic N) is 2. The van der Waals surface area contributed by atoms with Gasteiger partial charge >= 0.3 is 0 Å². The van der Waals surface area contributed by atoms with Gasteiger partial charge in [0.05, 0.1) is 6.20 Å². The number of pyridine rings is 1. The van der Waals surface area contributed by atoms with E-state index in [2.05, 4.69) is 10.3 Å². The number of likely N-dealkylation sites (tertiary alicyclic amines) is 1. The van der Waals surface area contributed by atoms with Gasteiger partial charge in [-0.25, -0.2) is 9.37 Å². The molecular weight excluding hydrogens is 221 g/mol. The van der Waals surface area contributed by atoms with Gasteiger partial charge in [0.1, 0.15) is 11.6 Å². The highest BCUT2D eigenvalue weighted by molar-refractivity contribution is 5.49. The molecule has 0 aliphatic carbocycles. The molecule has 17 heavy (non-hydrogen) atoms. The maximum absolute atomic E-state index is 12.7. The molecule has 5 heteroatoms. The number of hydrogen-bond acceptors (Lipinski definition) is 3. The molecule has 2 heterocycles. The van der Waals surface area contributed by atoms with E-state index in [1.807, 2.05) is 6.92 Å². The molecule has 0 bridgehead atoms. The van der Waals surface area contributed by atoms with Crippen molar-refractivity contribution in [1.82, 2.24) is 9.88 Å². The van der Waals surface area contributed by atoms with Gasteiger partial charge in [-0.3, -0.25) is 4.79 Å². The van der Waals surface area contributed by atoms with Crippen LogP contribution in [0, 0.1) is 5.82 Å². The Labute approximate surface area is 99.8 Å². The molecule has 2 atom stereocenters. The van der Waals surface area contributed by atoms with E-state index in [1.54, 1.807) is 11.0 Å². The summed E-state index contributed by atoms with van der Waals surface area (Å²) in [5.41, 5.74) is 0. The lowest BCUT2D eigenvalue weighted by Gasteiger charge is -2.37. The first kappa shape index (κ1) is 11.8. The molecule has 1 aromatic heterocycles. The molecule has 92 valence electrons. The van der Waals surface area contributed by atoms with Gasteiger partial charge in [-0.1, -0.05) is 0 Å². The standard InChI is InChI=1S/C12H16FN3O/c1-9-11(3-2-6-16(9)8-17)15-12-5-4-10(13)7-14-12/h4-5,7-9,11H,2-3,6H2,1H3,(H,14,15)/t9-,11+/m0/s1. The fraction of sp³-hybridized carbons (Fsp3) is 0.500. The van der Waals surface area contributed by atoms with Crippen LogP contribution in [0.2, 0.25) is 0 Å². The first-order valence-corrected chi connectivity index (χ1v) is 5.80. The lowest BCUT2D eigenvalue weighted by Crippen LogP contribution is -2.48. The van der Waals surface area contributed by atoms with Crippen LogP contribution in [0.5, 0.6) is 0 Å². The summed E-state index contributed by atoms with van der Waals surface area (Å²) in [5.74, 6) is 0.303. The van der Waals surface area contributed by atoms with E-state index < -0.39 is 0 Å². The summed E-state index contributed by atoms with van der Waals surface area (Å²) in [5, 5.41) is 3.24. The smallest absolute Gasteiger partial charge is 0.210 e. The van der Waals surface area contributed by atoms with Crippen molar-refractivity contribution < 1.29 is 9.18 Å². The molecule has 1 saturated heterocycles. The third-order valence-electron chi connectivity index (χ3n) is 3.23. The van der Waals surface area contributed by atoms with Crippen molar-refractivity contribution in [3.05, 3.63) is 24.1 Å². The maximum Gasteiger partial charge on any atom is 0.210 e. The summed E-state index contributed by atoms with van der Waals surface area (Å²) in [6, 6.07) is 3.29. The predicted octanol–water partition coefficient (Wildman–Crippen LogP) is 1.64. The Bertz CT molecular complexity index is 382. The number of carbonyl (C=O) groups is 1. The van der Waals surface area contributed by atoms with Crippen LogP contribution in [0.25, 0.3) is 0 Å². The summed E-state index contributed by atoms with van der Waals surface area (Å²) in [6.07, 6.45) is 4.04. The number of piperidine rings is 1. The lowest BCUT2D eigenvalue weighted by molar-refractivity contribution is -0.121. The molecule has 0 radical (unpaired) electrons. The molecule has 1 N–H and O–H groups in total. The third-order valence-corrected chi connectivity index (χ3v) is 3.23. The van der Waals surface area contributed by atoms with Gasteiger partial charge in [0, 0.05) is 18.6 Å². The topological polar surface area (TPSA) is 45.2 Å². The van der Waals surface area contributed by atoms with Gasteiger partial charge in [-0.05, 0) is 31.9 Å². The second kappa shape index (κ2) is 5.12. The van der Waals surface area contributed by atoms with Crippen LogP contribution < -0.4 is 5.32 Å². The van der Waals surface area contributed by atoms with E-state index in [9.17, 15) is 9.18 Å². The van der Waals surface area contributed by atoms with Gasteiger partial charge in [-0.2, -0.15) is 0 Å². The highest BCUT2D eigenvalue weighted by Crippen LogP contribution is 2.19. The zero-order chi connectivity index (χ0) is 12.3. The fourth-order valence-corrected chi connectivity index (χ4v) is 2.16. The van der Waals surface area contributed by atoms with Crippen LogP contribution in [0.15, 0.2) is 18.3 Å². The van der Waals surface area contributed by atoms with E-state index in [0.717, 1.165) is 25.8 Å². The normalized spacial score (nSPS) is 24.5. The van der Waals surface area contributed by atoms with Gasteiger partial charge in [-0.15, -0.1) is 0 Å². The summed E-state index contributed by atoms with van der Waals surface area (Å²) in [6.45, 7) is 2.81. The predicted molar refractivity (Wildman–Crippen MR) is 63.1 cm³/mol. The van der Waals surface area contributed by atoms with Crippen LogP contribution in [0.4, 0.5) is 10.2 Å². The molecule has 1 aliphatic heterocycles. The van der Waals surface area contributed by atoms with E-state index in [-0.39, 0.29) is 17.9 Å². The second-order valence-electron chi connectivity index (χ2n) is 4.34. The number of hydrogen-bond donors (Lipinski definition) is 1. The Morgan fingerprint density at radius 1 is 1.59 bits per heavy atom. The van der Waals surface area contributed by atoms with Crippen LogP contribution in [0.1, 0.15) is 19.8 Å². The van der Waals surface area contributed by atoms with E-state index >= 15 is 0 Å². The minimum atomic E-state index is -0.346. The molecule has 1 aliphatic rings. The largest absolute Gasteiger partial charge is 0.365 e. The Hall–Kier alpha value is -1.65. The molecule has 0 spiro atoms. The molecule has 2 rings (SSSR count). The van der Waals surface area contributed by atoms with Crippen molar-refractivity contribution in [1.29, 1.82) is 0 Å². The minimum Gasteiger partial charge on any atom is -0.365 e. The van der Waals surface area contributed by atoms with Gasteiger partial charge in [0.15, 0.2) is 0 Å². The molecule has 0 aromatic carbocycles. The van der Waals surface area contributed by atoms with Crippen molar-refractivity contribution in [3.8, 4) is 0 Å². The highest BCUT2D eigenvalue weighted by atomic mass is 19.1. The number of carbonyl (C=O) groups excluding carboxylic acids is 1. The first-order valence-electron chi connectivity index (χ1n) is 5.80. The molecule has 1 amide bonds. The van der Waals surface area contributed by atoms with Gasteiger partial charge in [0.2, 0.25) is 6.41 Å². The molecular formula is C12H16FN3O. The Kier molecular flexibility index (Phi) is 3.56. The number of rotatable bonds is 3. The summed E-state index contributed by atoms with van der Waals surface area (Å²) >= 11 is 0. The average Bonchev–Trinajstić information content (AvgIpc) is 2.35. The highest BCUT2D eigenvalue weighted by Gasteiger charge is 2.26. The van der Waals surface area contributed by atoms with Crippen molar-refractivity contribution in [2.45, 2.75) is 31.8 Å². The number of aromatic nitrogens is 1. The molecule has 0 unspecified atom stereocenters. The van der Waals surface area contributed by atoms with Crippen LogP contribution in [-0.2, 0) is 4.79 Å². The SMILES string of the molecule is C[C@H]1[C@H](Nc2ccc(F)cn2)CCCN1C=O. The number of anilines is 1. The van der Waals surface area contributed by atoms with E-state index in [4.69, 9.17) is 0 Å². The number of nitrogens with one attached hydrogen (secondary N) is 1. The Morgan fingerprint density at radius 3 is 3.06 bits per heavy atom. The van der Waals surface area contributed by atoms with E-state index in [0.29, 0.717) is 5.82 Å². The van der Waals surface area contributed by atoms with Crippen molar-refractivity contribution >= 4 is 12.2 Å². The van der Waals surface area contributed by atoms with Crippen LogP contribution in [-0.4, -0.2) is 34.9 Å². The van der Waals surface area contributed by atoms with Gasteiger partial charge < -0.3 is 10.2 Å². The Morgan fingerprint density at radius 2 is 2.41 bits per heavy atom. The minimum absolute atomic E-state index is 0.133. The Balaban J connectivity index is 2.02. The van der Waals surface area contributed by atoms with Crippen molar-refractivity contribution in [3.63, 3.8) is 0 Å². The molecule has 0 saturated carbocycles. The third kappa shape index (κ3) is 2.72. The summed E-state index contributed by atoms with van der Waals surface area (Å²) < 4.78 is 12.7. The molecule has 4 nitrogen and oxygen atoms in total. The number of halogens is 1. The molecule has 1 fully saturated rings. The van der Waals surface area contributed by atoms with E-state index in [1.165, 1.54) is 12.3 Å². The molecule has 1 aromatic rings. The fourth-order valence-electron chi connectivity index (χ4n) is 2.16. The maximum atomic E-state index is 12.7. The summed E-state index contributed by atoms with van der Waals surface area (Å²) in [4.78, 5) is 16.6. The quantitative estimate of drug-likeness (QED) is 0.813. The second-order valence-corrected chi connectivity index (χ2v) is 4.34. The van der Waals surface area contributed by atoms with Crippen molar-refractivity contribution in [2.75, 3.05) is 11.9 Å². The first-order chi connectivity index (χ1) is 8.20. The monoisotopic (exact) mass is 237 g/mol. The zero-order valence-electron chi connectivity index (χ0n) is 9.77. The summed E-state index contributed by atoms with van der Waals surface area (Å²) in [7, 11) is 0. The van der Waals surface area contributed by atoms with Gasteiger partial charge in [0.25, 0.3) is 0 Å². The lowest BCUT2D eigenvalue weighted by atomic mass is 9.98.